The molecule has 3 aliphatic heterocycles. The summed E-state index contributed by atoms with van der Waals surface area (Å²) in [6.45, 7) is 7.92. The first-order valence-corrected chi connectivity index (χ1v) is 9.18. The SMILES string of the molecule is CC(C)[C@H]1CO[C@]23CCN(Cc4ccccn4)C[C@H]2CCC(=O)N13. The molecule has 0 bridgehead atoms. The van der Waals surface area contributed by atoms with Gasteiger partial charge >= 0.3 is 0 Å². The summed E-state index contributed by atoms with van der Waals surface area (Å²) in [5.74, 6) is 1.15. The van der Waals surface area contributed by atoms with Crippen LogP contribution in [0.4, 0.5) is 0 Å². The summed E-state index contributed by atoms with van der Waals surface area (Å²) in [4.78, 5) is 21.7. The fourth-order valence-electron chi connectivity index (χ4n) is 4.72. The molecule has 0 radical (unpaired) electrons. The maximum atomic E-state index is 12.6. The summed E-state index contributed by atoms with van der Waals surface area (Å²) < 4.78 is 6.35. The minimum absolute atomic E-state index is 0.239. The number of hydrogen-bond acceptors (Lipinski definition) is 4. The number of carbonyl (C=O) groups excluding carboxylic acids is 1. The molecule has 0 saturated carbocycles. The van der Waals surface area contributed by atoms with Gasteiger partial charge in [-0.05, 0) is 24.5 Å². The van der Waals surface area contributed by atoms with Crippen LogP contribution in [0, 0.1) is 11.8 Å². The fourth-order valence-corrected chi connectivity index (χ4v) is 4.72. The van der Waals surface area contributed by atoms with Crippen LogP contribution in [0.2, 0.25) is 0 Å². The van der Waals surface area contributed by atoms with E-state index in [-0.39, 0.29) is 11.8 Å². The van der Waals surface area contributed by atoms with Crippen LogP contribution in [0.5, 0.6) is 0 Å². The number of nitrogens with zero attached hydrogens (tertiary/aromatic N) is 3. The molecule has 3 aliphatic rings. The number of rotatable bonds is 3. The van der Waals surface area contributed by atoms with Crippen molar-refractivity contribution in [2.45, 2.75) is 51.4 Å². The number of amides is 1. The molecule has 5 nitrogen and oxygen atoms in total. The van der Waals surface area contributed by atoms with Gasteiger partial charge in [-0.2, -0.15) is 0 Å². The van der Waals surface area contributed by atoms with E-state index in [4.69, 9.17) is 4.74 Å². The first-order chi connectivity index (χ1) is 11.6. The van der Waals surface area contributed by atoms with Crippen LogP contribution in [0.1, 0.15) is 38.8 Å². The van der Waals surface area contributed by atoms with Crippen molar-refractivity contribution in [3.63, 3.8) is 0 Å². The van der Waals surface area contributed by atoms with Crippen molar-refractivity contribution < 1.29 is 9.53 Å². The van der Waals surface area contributed by atoms with E-state index >= 15 is 0 Å². The second-order valence-electron chi connectivity index (χ2n) is 7.77. The van der Waals surface area contributed by atoms with Crippen molar-refractivity contribution in [1.29, 1.82) is 0 Å². The molecule has 3 fully saturated rings. The van der Waals surface area contributed by atoms with Crippen molar-refractivity contribution in [1.82, 2.24) is 14.8 Å². The highest BCUT2D eigenvalue weighted by Gasteiger charge is 2.58. The first kappa shape index (κ1) is 16.0. The molecule has 0 aromatic carbocycles. The Labute approximate surface area is 144 Å². The molecule has 24 heavy (non-hydrogen) atoms. The van der Waals surface area contributed by atoms with Crippen LogP contribution in [0.25, 0.3) is 0 Å². The van der Waals surface area contributed by atoms with E-state index in [1.807, 2.05) is 18.3 Å². The number of pyridine rings is 1. The van der Waals surface area contributed by atoms with Gasteiger partial charge in [0, 0.05) is 44.6 Å². The van der Waals surface area contributed by atoms with Crippen LogP contribution < -0.4 is 0 Å². The van der Waals surface area contributed by atoms with Crippen molar-refractivity contribution in [3.8, 4) is 0 Å². The third-order valence-electron chi connectivity index (χ3n) is 6.00. The molecule has 4 heterocycles. The normalized spacial score (nSPS) is 33.6. The molecule has 3 atom stereocenters. The zero-order chi connectivity index (χ0) is 16.7. The Morgan fingerprint density at radius 2 is 2.29 bits per heavy atom. The molecule has 0 unspecified atom stereocenters. The van der Waals surface area contributed by atoms with Crippen molar-refractivity contribution in [2.75, 3.05) is 19.7 Å². The zero-order valence-electron chi connectivity index (χ0n) is 14.6. The van der Waals surface area contributed by atoms with Crippen molar-refractivity contribution >= 4 is 5.91 Å². The molecule has 4 rings (SSSR count). The lowest BCUT2D eigenvalue weighted by atomic mass is 9.79. The maximum absolute atomic E-state index is 12.6. The average Bonchev–Trinajstić information content (AvgIpc) is 2.98. The third-order valence-corrected chi connectivity index (χ3v) is 6.00. The van der Waals surface area contributed by atoms with Gasteiger partial charge in [0.15, 0.2) is 0 Å². The molecule has 130 valence electrons. The molecule has 3 saturated heterocycles. The summed E-state index contributed by atoms with van der Waals surface area (Å²) in [5, 5.41) is 0. The maximum Gasteiger partial charge on any atom is 0.225 e. The van der Waals surface area contributed by atoms with Crippen LogP contribution in [-0.2, 0) is 16.1 Å². The van der Waals surface area contributed by atoms with Gasteiger partial charge in [0.05, 0.1) is 18.3 Å². The predicted molar refractivity (Wildman–Crippen MR) is 91.0 cm³/mol. The van der Waals surface area contributed by atoms with Crippen molar-refractivity contribution in [2.24, 2.45) is 11.8 Å². The van der Waals surface area contributed by atoms with Gasteiger partial charge in [0.25, 0.3) is 0 Å². The van der Waals surface area contributed by atoms with Crippen LogP contribution in [-0.4, -0.2) is 52.2 Å². The molecular formula is C19H27N3O2. The molecule has 5 heteroatoms. The topological polar surface area (TPSA) is 45.7 Å². The summed E-state index contributed by atoms with van der Waals surface area (Å²) >= 11 is 0. The van der Waals surface area contributed by atoms with Gasteiger partial charge in [-0.1, -0.05) is 19.9 Å². The van der Waals surface area contributed by atoms with Gasteiger partial charge in [-0.15, -0.1) is 0 Å². The minimum atomic E-state index is -0.342. The monoisotopic (exact) mass is 329 g/mol. The zero-order valence-corrected chi connectivity index (χ0v) is 14.6. The highest BCUT2D eigenvalue weighted by atomic mass is 16.5. The van der Waals surface area contributed by atoms with E-state index in [1.54, 1.807) is 0 Å². The molecule has 1 aromatic rings. The summed E-state index contributed by atoms with van der Waals surface area (Å²) in [6.07, 6.45) is 4.38. The van der Waals surface area contributed by atoms with Gasteiger partial charge in [-0.3, -0.25) is 14.7 Å². The fraction of sp³-hybridized carbons (Fsp3) is 0.684. The molecule has 1 aromatic heterocycles. The minimum Gasteiger partial charge on any atom is -0.353 e. The Kier molecular flexibility index (Phi) is 4.09. The van der Waals surface area contributed by atoms with E-state index < -0.39 is 0 Å². The molecule has 1 spiro atoms. The Morgan fingerprint density at radius 1 is 1.42 bits per heavy atom. The largest absolute Gasteiger partial charge is 0.353 e. The lowest BCUT2D eigenvalue weighted by Gasteiger charge is -2.53. The second kappa shape index (κ2) is 6.12. The number of ether oxygens (including phenoxy) is 1. The molecule has 0 N–H and O–H groups in total. The van der Waals surface area contributed by atoms with E-state index in [2.05, 4.69) is 34.7 Å². The Bertz CT molecular complexity index is 606. The molecule has 1 amide bonds. The van der Waals surface area contributed by atoms with E-state index in [0.29, 0.717) is 30.8 Å². The van der Waals surface area contributed by atoms with E-state index in [9.17, 15) is 4.79 Å². The standard InChI is InChI=1S/C19H27N3O2/c1-14(2)17-13-24-19-8-10-21(12-16-5-3-4-9-20-16)11-15(19)6-7-18(23)22(17)19/h3-5,9,14-15,17H,6-8,10-13H2,1-2H3/t15-,17-,19-/m1/s1. The summed E-state index contributed by atoms with van der Waals surface area (Å²) in [5.41, 5.74) is 0.773. The first-order valence-electron chi connectivity index (χ1n) is 9.18. The number of aromatic nitrogens is 1. The average molecular weight is 329 g/mol. The Balaban J connectivity index is 1.52. The Morgan fingerprint density at radius 3 is 3.04 bits per heavy atom. The molecule has 0 aliphatic carbocycles. The van der Waals surface area contributed by atoms with Crippen molar-refractivity contribution in [3.05, 3.63) is 30.1 Å². The van der Waals surface area contributed by atoms with Gasteiger partial charge in [0.1, 0.15) is 5.72 Å². The van der Waals surface area contributed by atoms with E-state index in [0.717, 1.165) is 38.2 Å². The number of piperidine rings is 2. The lowest BCUT2D eigenvalue weighted by molar-refractivity contribution is -0.193. The Hall–Kier alpha value is -1.46. The van der Waals surface area contributed by atoms with Gasteiger partial charge in [-0.25, -0.2) is 0 Å². The number of hydrogen-bond donors (Lipinski definition) is 0. The summed E-state index contributed by atoms with van der Waals surface area (Å²) in [7, 11) is 0. The second-order valence-corrected chi connectivity index (χ2v) is 7.77. The number of likely N-dealkylation sites (tertiary alicyclic amines) is 1. The quantitative estimate of drug-likeness (QED) is 0.853. The lowest BCUT2D eigenvalue weighted by Crippen LogP contribution is -2.65. The van der Waals surface area contributed by atoms with Crippen LogP contribution >= 0.6 is 0 Å². The van der Waals surface area contributed by atoms with Crippen LogP contribution in [0.3, 0.4) is 0 Å². The van der Waals surface area contributed by atoms with Gasteiger partial charge in [0.2, 0.25) is 5.91 Å². The number of carbonyl (C=O) groups is 1. The van der Waals surface area contributed by atoms with Crippen LogP contribution in [0.15, 0.2) is 24.4 Å². The van der Waals surface area contributed by atoms with E-state index in [1.165, 1.54) is 0 Å². The highest BCUT2D eigenvalue weighted by molar-refractivity contribution is 5.78. The summed E-state index contributed by atoms with van der Waals surface area (Å²) in [6, 6.07) is 6.32. The smallest absolute Gasteiger partial charge is 0.225 e. The third kappa shape index (κ3) is 2.54. The predicted octanol–water partition coefficient (Wildman–Crippen LogP) is 2.28. The highest BCUT2D eigenvalue weighted by Crippen LogP contribution is 2.47. The van der Waals surface area contributed by atoms with Gasteiger partial charge < -0.3 is 9.64 Å². The molecular weight excluding hydrogens is 302 g/mol.